The molecule has 1 aromatic heterocycles. The van der Waals surface area contributed by atoms with E-state index in [1.54, 1.807) is 0 Å². The van der Waals surface area contributed by atoms with Crippen LogP contribution in [0.1, 0.15) is 69.2 Å². The van der Waals surface area contributed by atoms with Crippen molar-refractivity contribution in [2.45, 2.75) is 77.6 Å². The number of aryl methyl sites for hydroxylation is 1. The average Bonchev–Trinajstić information content (AvgIpc) is 3.16. The third-order valence-electron chi connectivity index (χ3n) is 5.72. The van der Waals surface area contributed by atoms with E-state index in [2.05, 4.69) is 20.1 Å². The van der Waals surface area contributed by atoms with Crippen LogP contribution in [0, 0.1) is 0 Å². The van der Waals surface area contributed by atoms with Crippen LogP contribution in [0.4, 0.5) is 4.79 Å². The zero-order valence-electron chi connectivity index (χ0n) is 17.4. The number of carbonyl (C=O) groups excluding carboxylic acids is 1. The smallest absolute Gasteiger partial charge is 0.318 e. The van der Waals surface area contributed by atoms with Gasteiger partial charge >= 0.3 is 6.03 Å². The van der Waals surface area contributed by atoms with Crippen molar-refractivity contribution in [3.63, 3.8) is 0 Å². The molecule has 7 nitrogen and oxygen atoms in total. The number of likely N-dealkylation sites (tertiary alicyclic amines) is 1. The molecule has 2 amide bonds. The Hall–Kier alpha value is -2.57. The van der Waals surface area contributed by atoms with Crippen LogP contribution in [0.5, 0.6) is 5.75 Å². The second-order valence-electron chi connectivity index (χ2n) is 8.22. The molecule has 7 heteroatoms. The van der Waals surface area contributed by atoms with Crippen molar-refractivity contribution < 1.29 is 9.53 Å². The van der Waals surface area contributed by atoms with E-state index in [0.29, 0.717) is 6.54 Å². The lowest BCUT2D eigenvalue weighted by Crippen LogP contribution is -2.45. The number of rotatable bonds is 5. The van der Waals surface area contributed by atoms with Crippen molar-refractivity contribution in [1.29, 1.82) is 0 Å². The van der Waals surface area contributed by atoms with Gasteiger partial charge in [-0.2, -0.15) is 0 Å². The van der Waals surface area contributed by atoms with E-state index in [1.165, 1.54) is 6.42 Å². The van der Waals surface area contributed by atoms with Crippen LogP contribution < -0.4 is 10.1 Å². The van der Waals surface area contributed by atoms with E-state index in [1.807, 2.05) is 43.0 Å². The van der Waals surface area contributed by atoms with Gasteiger partial charge in [0.25, 0.3) is 0 Å². The molecule has 0 radical (unpaired) electrons. The number of para-hydroxylation sites is 1. The molecule has 0 unspecified atom stereocenters. The number of piperidine rings is 1. The lowest BCUT2D eigenvalue weighted by atomic mass is 10.0. The second kappa shape index (κ2) is 8.84. The Morgan fingerprint density at radius 1 is 1.17 bits per heavy atom. The number of fused-ring (bicyclic) bond motifs is 1. The van der Waals surface area contributed by atoms with Gasteiger partial charge < -0.3 is 19.5 Å². The number of carbonyl (C=O) groups is 1. The van der Waals surface area contributed by atoms with Crippen LogP contribution in [0.15, 0.2) is 24.3 Å². The Morgan fingerprint density at radius 3 is 2.86 bits per heavy atom. The first-order valence-electron chi connectivity index (χ1n) is 10.8. The number of nitrogens with zero attached hydrogens (tertiary/aromatic N) is 4. The summed E-state index contributed by atoms with van der Waals surface area (Å²) in [5.74, 6) is 2.85. The van der Waals surface area contributed by atoms with Gasteiger partial charge in [-0.3, -0.25) is 0 Å². The highest BCUT2D eigenvalue weighted by Crippen LogP contribution is 2.31. The van der Waals surface area contributed by atoms with Gasteiger partial charge in [-0.25, -0.2) is 4.79 Å². The van der Waals surface area contributed by atoms with Gasteiger partial charge in [-0.15, -0.1) is 10.2 Å². The lowest BCUT2D eigenvalue weighted by molar-refractivity contribution is 0.144. The van der Waals surface area contributed by atoms with Gasteiger partial charge in [0.05, 0.1) is 12.1 Å². The normalized spacial score (nSPS) is 19.1. The van der Waals surface area contributed by atoms with Gasteiger partial charge in [0.1, 0.15) is 11.6 Å². The third-order valence-corrected chi connectivity index (χ3v) is 5.72. The Bertz CT molecular complexity index is 847. The van der Waals surface area contributed by atoms with E-state index >= 15 is 0 Å². The summed E-state index contributed by atoms with van der Waals surface area (Å²) in [4.78, 5) is 15.0. The van der Waals surface area contributed by atoms with Crippen molar-refractivity contribution in [2.24, 2.45) is 0 Å². The van der Waals surface area contributed by atoms with Gasteiger partial charge in [0.15, 0.2) is 5.82 Å². The van der Waals surface area contributed by atoms with Crippen LogP contribution >= 0.6 is 0 Å². The minimum Gasteiger partial charge on any atom is -0.491 e. The topological polar surface area (TPSA) is 72.3 Å². The molecule has 0 saturated carbocycles. The highest BCUT2D eigenvalue weighted by atomic mass is 16.5. The number of aromatic nitrogens is 3. The monoisotopic (exact) mass is 397 g/mol. The fourth-order valence-electron chi connectivity index (χ4n) is 4.31. The van der Waals surface area contributed by atoms with Gasteiger partial charge in [-0.1, -0.05) is 18.2 Å². The van der Waals surface area contributed by atoms with Crippen LogP contribution in [-0.2, 0) is 19.5 Å². The molecular formula is C22H31N5O2. The first kappa shape index (κ1) is 19.7. The summed E-state index contributed by atoms with van der Waals surface area (Å²) in [7, 11) is 0. The Balaban J connectivity index is 1.47. The number of hydrogen-bond donors (Lipinski definition) is 1. The zero-order valence-corrected chi connectivity index (χ0v) is 17.4. The molecule has 1 aromatic carbocycles. The third kappa shape index (κ3) is 4.38. The number of urea groups is 1. The molecule has 0 bridgehead atoms. The van der Waals surface area contributed by atoms with E-state index in [0.717, 1.165) is 68.2 Å². The summed E-state index contributed by atoms with van der Waals surface area (Å²) in [6.45, 7) is 6.18. The molecule has 29 heavy (non-hydrogen) atoms. The largest absolute Gasteiger partial charge is 0.491 e. The summed E-state index contributed by atoms with van der Waals surface area (Å²) < 4.78 is 8.12. The Morgan fingerprint density at radius 2 is 2.00 bits per heavy atom. The minimum atomic E-state index is -0.0396. The molecular weight excluding hydrogens is 366 g/mol. The average molecular weight is 398 g/mol. The molecule has 4 rings (SSSR count). The predicted octanol–water partition coefficient (Wildman–Crippen LogP) is 3.84. The van der Waals surface area contributed by atoms with E-state index in [-0.39, 0.29) is 18.2 Å². The maximum atomic E-state index is 13.1. The second-order valence-corrected chi connectivity index (χ2v) is 8.22. The number of hydrogen-bond acceptors (Lipinski definition) is 4. The molecule has 2 aromatic rings. The van der Waals surface area contributed by atoms with Gasteiger partial charge in [0, 0.05) is 31.6 Å². The predicted molar refractivity (Wildman–Crippen MR) is 111 cm³/mol. The molecule has 1 N–H and O–H groups in total. The SMILES string of the molecule is CC(C)Oc1ccccc1CNC(=O)N1CCCC[C@H]1c1nnc2n1CCCC2. The summed E-state index contributed by atoms with van der Waals surface area (Å²) in [6.07, 6.45) is 6.49. The van der Waals surface area contributed by atoms with Gasteiger partial charge in [-0.05, 0) is 52.0 Å². The van der Waals surface area contributed by atoms with Crippen molar-refractivity contribution in [2.75, 3.05) is 6.54 Å². The maximum Gasteiger partial charge on any atom is 0.318 e. The van der Waals surface area contributed by atoms with Gasteiger partial charge in [0.2, 0.25) is 0 Å². The molecule has 2 aliphatic heterocycles. The zero-order chi connectivity index (χ0) is 20.2. The summed E-state index contributed by atoms with van der Waals surface area (Å²) >= 11 is 0. The molecule has 1 saturated heterocycles. The highest BCUT2D eigenvalue weighted by Gasteiger charge is 2.33. The first-order chi connectivity index (χ1) is 14.1. The van der Waals surface area contributed by atoms with E-state index in [4.69, 9.17) is 4.74 Å². The number of ether oxygens (including phenoxy) is 1. The number of amides is 2. The van der Waals surface area contributed by atoms with Crippen molar-refractivity contribution in [1.82, 2.24) is 25.0 Å². The number of benzene rings is 1. The lowest BCUT2D eigenvalue weighted by Gasteiger charge is -2.35. The Kier molecular flexibility index (Phi) is 6.02. The fraction of sp³-hybridized carbons (Fsp3) is 0.591. The Labute approximate surface area is 172 Å². The summed E-state index contributed by atoms with van der Waals surface area (Å²) in [6, 6.07) is 7.85. The summed E-state index contributed by atoms with van der Waals surface area (Å²) in [5, 5.41) is 12.0. The van der Waals surface area contributed by atoms with Crippen LogP contribution in [0.3, 0.4) is 0 Å². The van der Waals surface area contributed by atoms with E-state index < -0.39 is 0 Å². The summed E-state index contributed by atoms with van der Waals surface area (Å²) in [5.41, 5.74) is 0.989. The highest BCUT2D eigenvalue weighted by molar-refractivity contribution is 5.74. The minimum absolute atomic E-state index is 0.00487. The van der Waals surface area contributed by atoms with Crippen molar-refractivity contribution in [3.8, 4) is 5.75 Å². The maximum absolute atomic E-state index is 13.1. The fourth-order valence-corrected chi connectivity index (χ4v) is 4.31. The van der Waals surface area contributed by atoms with Crippen molar-refractivity contribution in [3.05, 3.63) is 41.5 Å². The number of nitrogens with one attached hydrogen (secondary N) is 1. The molecule has 3 heterocycles. The quantitative estimate of drug-likeness (QED) is 0.832. The molecule has 0 spiro atoms. The molecule has 0 aliphatic carbocycles. The van der Waals surface area contributed by atoms with Crippen LogP contribution in [0.2, 0.25) is 0 Å². The molecule has 1 atom stereocenters. The van der Waals surface area contributed by atoms with Crippen LogP contribution in [-0.4, -0.2) is 38.3 Å². The van der Waals surface area contributed by atoms with E-state index in [9.17, 15) is 4.79 Å². The van der Waals surface area contributed by atoms with Crippen molar-refractivity contribution >= 4 is 6.03 Å². The standard InChI is InChI=1S/C22H31N5O2/c1-16(2)29-19-11-4-3-9-17(19)15-23-22(28)26-13-7-5-10-18(26)21-25-24-20-12-6-8-14-27(20)21/h3-4,9,11,16,18H,5-8,10,12-15H2,1-2H3,(H,23,28)/t18-/m0/s1. The first-order valence-corrected chi connectivity index (χ1v) is 10.8. The van der Waals surface area contributed by atoms with Crippen LogP contribution in [0.25, 0.3) is 0 Å². The molecule has 156 valence electrons. The molecule has 1 fully saturated rings. The molecule has 2 aliphatic rings.